The molecule has 1 saturated heterocycles. The largest absolute Gasteiger partial charge is 0.337 e. The van der Waals surface area contributed by atoms with Gasteiger partial charge in [-0.15, -0.1) is 0 Å². The Labute approximate surface area is 190 Å². The van der Waals surface area contributed by atoms with E-state index in [9.17, 15) is 4.79 Å². The Morgan fingerprint density at radius 3 is 2.50 bits per heavy atom. The highest BCUT2D eigenvalue weighted by Crippen LogP contribution is 2.43. The smallest absolute Gasteiger partial charge is 0.274 e. The van der Waals surface area contributed by atoms with E-state index in [-0.39, 0.29) is 5.91 Å². The van der Waals surface area contributed by atoms with E-state index < -0.39 is 0 Å². The fourth-order valence-corrected chi connectivity index (χ4v) is 5.09. The van der Waals surface area contributed by atoms with Gasteiger partial charge in [0, 0.05) is 40.7 Å². The Morgan fingerprint density at radius 2 is 1.77 bits per heavy atom. The van der Waals surface area contributed by atoms with Gasteiger partial charge in [0.2, 0.25) is 0 Å². The number of halogens is 3. The number of amides is 1. The van der Waals surface area contributed by atoms with E-state index in [1.54, 1.807) is 16.8 Å². The molecule has 2 heterocycles. The third-order valence-electron chi connectivity index (χ3n) is 5.97. The lowest BCUT2D eigenvalue weighted by molar-refractivity contribution is 0.0717. The quantitative estimate of drug-likeness (QED) is 0.350. The lowest BCUT2D eigenvalue weighted by Gasteiger charge is -2.26. The Bertz CT molecular complexity index is 1180. The summed E-state index contributed by atoms with van der Waals surface area (Å²) in [6.07, 6.45) is 3.89. The van der Waals surface area contributed by atoms with Crippen LogP contribution in [0.5, 0.6) is 0 Å². The number of aryl methyl sites for hydroxylation is 1. The van der Waals surface area contributed by atoms with E-state index >= 15 is 0 Å². The molecule has 0 spiro atoms. The van der Waals surface area contributed by atoms with Crippen LogP contribution >= 0.6 is 34.8 Å². The molecule has 0 atom stereocenters. The molecule has 154 valence electrons. The Morgan fingerprint density at radius 1 is 1.00 bits per heavy atom. The van der Waals surface area contributed by atoms with Crippen LogP contribution in [0, 0.1) is 6.92 Å². The van der Waals surface area contributed by atoms with Gasteiger partial charge >= 0.3 is 0 Å². The highest BCUT2D eigenvalue weighted by molar-refractivity contribution is 6.35. The number of likely N-dealkylation sites (tertiary alicyclic amines) is 1. The van der Waals surface area contributed by atoms with Crippen LogP contribution in [0.25, 0.3) is 16.9 Å². The lowest BCUT2D eigenvalue weighted by Crippen LogP contribution is -2.36. The van der Waals surface area contributed by atoms with Gasteiger partial charge in [-0.05, 0) is 61.6 Å². The summed E-state index contributed by atoms with van der Waals surface area (Å²) in [6, 6.07) is 9.37. The predicted molar refractivity (Wildman–Crippen MR) is 121 cm³/mol. The zero-order valence-corrected chi connectivity index (χ0v) is 18.8. The first-order valence-corrected chi connectivity index (χ1v) is 11.2. The molecule has 1 aromatic heterocycles. The summed E-state index contributed by atoms with van der Waals surface area (Å²) in [5.74, 6) is -0.00888. The maximum Gasteiger partial charge on any atom is 0.274 e. The molecular formula is C23H20Cl3N3O. The second kappa shape index (κ2) is 7.60. The average molecular weight is 461 g/mol. The molecule has 0 N–H and O–H groups in total. The Balaban J connectivity index is 1.71. The van der Waals surface area contributed by atoms with Crippen molar-refractivity contribution in [3.63, 3.8) is 0 Å². The third kappa shape index (κ3) is 3.22. The molecule has 4 nitrogen and oxygen atoms in total. The zero-order valence-electron chi connectivity index (χ0n) is 16.5. The number of hydrogen-bond donors (Lipinski definition) is 0. The van der Waals surface area contributed by atoms with Gasteiger partial charge in [-0.1, -0.05) is 40.9 Å². The van der Waals surface area contributed by atoms with E-state index in [1.165, 1.54) is 6.42 Å². The Hall–Kier alpha value is -2.01. The number of nitrogens with zero attached hydrogens (tertiary/aromatic N) is 3. The van der Waals surface area contributed by atoms with Crippen LogP contribution in [0.15, 0.2) is 30.3 Å². The molecule has 0 unspecified atom stereocenters. The van der Waals surface area contributed by atoms with E-state index in [0.717, 1.165) is 53.9 Å². The van der Waals surface area contributed by atoms with Crippen molar-refractivity contribution >= 4 is 40.7 Å². The van der Waals surface area contributed by atoms with Crippen LogP contribution in [0.1, 0.15) is 46.4 Å². The maximum absolute atomic E-state index is 13.4. The first-order valence-electron chi connectivity index (χ1n) is 10.1. The lowest BCUT2D eigenvalue weighted by atomic mass is 10.1. The summed E-state index contributed by atoms with van der Waals surface area (Å²) in [4.78, 5) is 15.3. The Kier molecular flexibility index (Phi) is 5.04. The summed E-state index contributed by atoms with van der Waals surface area (Å²) < 4.78 is 1.78. The van der Waals surface area contributed by atoms with Gasteiger partial charge in [-0.3, -0.25) is 4.79 Å². The number of carbonyl (C=O) groups excluding carboxylic acids is 1. The molecule has 7 heteroatoms. The first kappa shape index (κ1) is 19.9. The van der Waals surface area contributed by atoms with Crippen LogP contribution in [-0.4, -0.2) is 33.7 Å². The normalized spacial score (nSPS) is 15.3. The van der Waals surface area contributed by atoms with Gasteiger partial charge in [0.25, 0.3) is 5.91 Å². The molecule has 0 radical (unpaired) electrons. The molecule has 1 aliphatic carbocycles. The summed E-state index contributed by atoms with van der Waals surface area (Å²) in [5.41, 5.74) is 6.19. The zero-order chi connectivity index (χ0) is 21.0. The van der Waals surface area contributed by atoms with Crippen molar-refractivity contribution < 1.29 is 4.79 Å². The minimum absolute atomic E-state index is 0.00888. The fraction of sp³-hybridized carbons (Fsp3) is 0.304. The van der Waals surface area contributed by atoms with Crippen molar-refractivity contribution in [2.75, 3.05) is 13.1 Å². The molecule has 1 amide bonds. The standard InChI is InChI=1S/C23H20Cl3N3O/c1-13-9-14-10-17-21(23(30)28-7-3-2-4-8-28)27-29(22(17)16(14)12-18(13)25)20-6-5-15(24)11-19(20)26/h5-6,9,11-12H,2-4,7-8,10H2,1H3. The van der Waals surface area contributed by atoms with Crippen LogP contribution in [0.4, 0.5) is 0 Å². The molecular weight excluding hydrogens is 441 g/mol. The monoisotopic (exact) mass is 459 g/mol. The van der Waals surface area contributed by atoms with Gasteiger partial charge in [-0.2, -0.15) is 5.10 Å². The van der Waals surface area contributed by atoms with Crippen LogP contribution in [0.3, 0.4) is 0 Å². The first-order chi connectivity index (χ1) is 14.4. The highest BCUT2D eigenvalue weighted by Gasteiger charge is 2.34. The van der Waals surface area contributed by atoms with E-state index in [4.69, 9.17) is 39.9 Å². The molecule has 5 rings (SSSR count). The van der Waals surface area contributed by atoms with Gasteiger partial charge < -0.3 is 4.90 Å². The van der Waals surface area contributed by atoms with E-state index in [1.807, 2.05) is 24.0 Å². The van der Waals surface area contributed by atoms with Crippen LogP contribution < -0.4 is 0 Å². The van der Waals surface area contributed by atoms with Gasteiger partial charge in [0.05, 0.1) is 16.4 Å². The molecule has 2 aromatic carbocycles. The van der Waals surface area contributed by atoms with Gasteiger partial charge in [-0.25, -0.2) is 4.68 Å². The number of carbonyl (C=O) groups is 1. The second-order valence-corrected chi connectivity index (χ2v) is 9.22. The number of piperidine rings is 1. The molecule has 3 aromatic rings. The van der Waals surface area contributed by atoms with Crippen molar-refractivity contribution in [3.05, 3.63) is 67.8 Å². The SMILES string of the molecule is Cc1cc2c(cc1Cl)-c1c(c(C(=O)N3CCCCC3)nn1-c1ccc(Cl)cc1Cl)C2. The molecule has 0 bridgehead atoms. The summed E-state index contributed by atoms with van der Waals surface area (Å²) in [5, 5.41) is 6.50. The third-order valence-corrected chi connectivity index (χ3v) is 6.92. The maximum atomic E-state index is 13.4. The highest BCUT2D eigenvalue weighted by atomic mass is 35.5. The van der Waals surface area contributed by atoms with Crippen LogP contribution in [-0.2, 0) is 6.42 Å². The van der Waals surface area contributed by atoms with Crippen molar-refractivity contribution in [3.8, 4) is 16.9 Å². The molecule has 30 heavy (non-hydrogen) atoms. The average Bonchev–Trinajstić information content (AvgIpc) is 3.26. The summed E-state index contributed by atoms with van der Waals surface area (Å²) in [6.45, 7) is 3.55. The minimum atomic E-state index is -0.00888. The van der Waals surface area contributed by atoms with Crippen molar-refractivity contribution in [1.29, 1.82) is 0 Å². The summed E-state index contributed by atoms with van der Waals surface area (Å²) >= 11 is 19.1. The molecule has 1 aliphatic heterocycles. The number of hydrogen-bond acceptors (Lipinski definition) is 2. The van der Waals surface area contributed by atoms with E-state index in [0.29, 0.717) is 32.9 Å². The van der Waals surface area contributed by atoms with Crippen LogP contribution in [0.2, 0.25) is 15.1 Å². The molecule has 0 saturated carbocycles. The number of benzene rings is 2. The van der Waals surface area contributed by atoms with Gasteiger partial charge in [0.15, 0.2) is 5.69 Å². The topological polar surface area (TPSA) is 38.1 Å². The minimum Gasteiger partial charge on any atom is -0.337 e. The number of aromatic nitrogens is 2. The number of rotatable bonds is 2. The molecule has 1 fully saturated rings. The van der Waals surface area contributed by atoms with Crippen molar-refractivity contribution in [2.45, 2.75) is 32.6 Å². The van der Waals surface area contributed by atoms with Crippen molar-refractivity contribution in [2.24, 2.45) is 0 Å². The predicted octanol–water partition coefficient (Wildman–Crippen LogP) is 6.34. The van der Waals surface area contributed by atoms with E-state index in [2.05, 4.69) is 6.07 Å². The van der Waals surface area contributed by atoms with Gasteiger partial charge in [0.1, 0.15) is 0 Å². The second-order valence-electron chi connectivity index (χ2n) is 7.97. The van der Waals surface area contributed by atoms with Crippen molar-refractivity contribution in [1.82, 2.24) is 14.7 Å². The number of fused-ring (bicyclic) bond motifs is 3. The summed E-state index contributed by atoms with van der Waals surface area (Å²) in [7, 11) is 0. The fourth-order valence-electron chi connectivity index (χ4n) is 4.44. The molecule has 2 aliphatic rings.